The van der Waals surface area contributed by atoms with Crippen LogP contribution in [0.4, 0.5) is 28.8 Å². The summed E-state index contributed by atoms with van der Waals surface area (Å²) in [5.74, 6) is 1.16. The van der Waals surface area contributed by atoms with Gasteiger partial charge in [0.05, 0.1) is 11.3 Å². The Hall–Kier alpha value is -4.21. The van der Waals surface area contributed by atoms with Crippen LogP contribution in [0.25, 0.3) is 11.2 Å². The summed E-state index contributed by atoms with van der Waals surface area (Å²) >= 11 is 0. The molecule has 1 aliphatic rings. The zero-order chi connectivity index (χ0) is 22.8. The van der Waals surface area contributed by atoms with Crippen LogP contribution >= 0.6 is 0 Å². The molecule has 33 heavy (non-hydrogen) atoms. The van der Waals surface area contributed by atoms with E-state index in [-0.39, 0.29) is 5.69 Å². The Morgan fingerprint density at radius 2 is 1.76 bits per heavy atom. The molecule has 0 radical (unpaired) electrons. The van der Waals surface area contributed by atoms with E-state index in [9.17, 15) is 10.1 Å². The van der Waals surface area contributed by atoms with Crippen molar-refractivity contribution in [2.45, 2.75) is 13.5 Å². The van der Waals surface area contributed by atoms with Crippen LogP contribution in [-0.2, 0) is 6.54 Å². The summed E-state index contributed by atoms with van der Waals surface area (Å²) in [6.07, 6.45) is 1.75. The van der Waals surface area contributed by atoms with E-state index >= 15 is 0 Å². The Morgan fingerprint density at radius 1 is 1.00 bits per heavy atom. The van der Waals surface area contributed by atoms with Gasteiger partial charge in [0.25, 0.3) is 5.69 Å². The molecule has 0 atom stereocenters. The molecule has 168 valence electrons. The molecule has 4 aromatic rings. The molecular formula is C23H24N8O2. The number of imidazole rings is 1. The standard InChI is InChI=1S/C23H24N8O2/c1-2-28-16-24-20-21(25-17-7-6-10-19(15-17)31(32)33)26-23(27-22(20)28)30-13-11-29(12-14-30)18-8-4-3-5-9-18/h3-10,15-16H,2,11-14H2,1H3,(H,25,26,27). The number of hydrogen-bond donors (Lipinski definition) is 1. The molecule has 1 aliphatic heterocycles. The lowest BCUT2D eigenvalue weighted by atomic mass is 10.2. The van der Waals surface area contributed by atoms with Crippen molar-refractivity contribution in [1.82, 2.24) is 19.5 Å². The molecule has 2 aromatic carbocycles. The predicted molar refractivity (Wildman–Crippen MR) is 128 cm³/mol. The number of anilines is 4. The number of nitro groups is 1. The highest BCUT2D eigenvalue weighted by Gasteiger charge is 2.22. The van der Waals surface area contributed by atoms with Crippen LogP contribution in [0.5, 0.6) is 0 Å². The van der Waals surface area contributed by atoms with Crippen LogP contribution < -0.4 is 15.1 Å². The van der Waals surface area contributed by atoms with Gasteiger partial charge >= 0.3 is 0 Å². The van der Waals surface area contributed by atoms with E-state index < -0.39 is 4.92 Å². The van der Waals surface area contributed by atoms with E-state index in [1.165, 1.54) is 17.8 Å². The maximum atomic E-state index is 11.2. The van der Waals surface area contributed by atoms with Gasteiger partial charge in [-0.3, -0.25) is 10.1 Å². The summed E-state index contributed by atoms with van der Waals surface area (Å²) in [6, 6.07) is 16.7. The molecule has 0 bridgehead atoms. The zero-order valence-corrected chi connectivity index (χ0v) is 18.3. The van der Waals surface area contributed by atoms with Gasteiger partial charge in [-0.1, -0.05) is 24.3 Å². The number of nitrogens with zero attached hydrogens (tertiary/aromatic N) is 7. The van der Waals surface area contributed by atoms with Gasteiger partial charge in [0, 0.05) is 56.2 Å². The van der Waals surface area contributed by atoms with Gasteiger partial charge in [-0.2, -0.15) is 9.97 Å². The summed E-state index contributed by atoms with van der Waals surface area (Å²) in [6.45, 7) is 6.08. The number of non-ortho nitro benzene ring substituents is 1. The van der Waals surface area contributed by atoms with Crippen molar-refractivity contribution >= 4 is 40.0 Å². The molecule has 1 fully saturated rings. The summed E-state index contributed by atoms with van der Waals surface area (Å²) < 4.78 is 1.97. The van der Waals surface area contributed by atoms with Crippen LogP contribution in [0.3, 0.4) is 0 Å². The predicted octanol–water partition coefficient (Wildman–Crippen LogP) is 3.82. The SMILES string of the molecule is CCn1cnc2c(Nc3cccc([N+](=O)[O-])c3)nc(N3CCN(c4ccccc4)CC3)nc21. The van der Waals surface area contributed by atoms with Gasteiger partial charge in [-0.05, 0) is 25.1 Å². The molecule has 1 saturated heterocycles. The normalized spacial score (nSPS) is 14.0. The van der Waals surface area contributed by atoms with E-state index in [2.05, 4.69) is 44.4 Å². The van der Waals surface area contributed by atoms with Crippen LogP contribution in [-0.4, -0.2) is 50.6 Å². The second-order valence-corrected chi connectivity index (χ2v) is 7.82. The maximum absolute atomic E-state index is 11.2. The first-order chi connectivity index (χ1) is 16.1. The number of para-hydroxylation sites is 1. The van der Waals surface area contributed by atoms with Crippen molar-refractivity contribution < 1.29 is 4.92 Å². The molecule has 0 amide bonds. The van der Waals surface area contributed by atoms with Crippen molar-refractivity contribution in [2.24, 2.45) is 0 Å². The highest BCUT2D eigenvalue weighted by Crippen LogP contribution is 2.28. The highest BCUT2D eigenvalue weighted by atomic mass is 16.6. The van der Waals surface area contributed by atoms with Crippen LogP contribution in [0.15, 0.2) is 60.9 Å². The van der Waals surface area contributed by atoms with Gasteiger partial charge in [0.1, 0.15) is 0 Å². The van der Waals surface area contributed by atoms with Gasteiger partial charge in [-0.15, -0.1) is 0 Å². The fourth-order valence-corrected chi connectivity index (χ4v) is 4.03. The number of hydrogen-bond acceptors (Lipinski definition) is 8. The Kier molecular flexibility index (Phi) is 5.47. The molecule has 5 rings (SSSR count). The molecule has 3 heterocycles. The Morgan fingerprint density at radius 3 is 2.48 bits per heavy atom. The lowest BCUT2D eigenvalue weighted by molar-refractivity contribution is -0.384. The van der Waals surface area contributed by atoms with Crippen molar-refractivity contribution in [1.29, 1.82) is 0 Å². The van der Waals surface area contributed by atoms with Crippen molar-refractivity contribution in [3.63, 3.8) is 0 Å². The minimum atomic E-state index is -0.412. The van der Waals surface area contributed by atoms with Crippen LogP contribution in [0.1, 0.15) is 6.92 Å². The smallest absolute Gasteiger partial charge is 0.271 e. The second kappa shape index (κ2) is 8.73. The molecule has 2 aromatic heterocycles. The van der Waals surface area contributed by atoms with E-state index in [0.717, 1.165) is 38.4 Å². The molecule has 0 saturated carbocycles. The van der Waals surface area contributed by atoms with Gasteiger partial charge < -0.3 is 19.7 Å². The number of piperazine rings is 1. The lowest BCUT2D eigenvalue weighted by Crippen LogP contribution is -2.47. The molecular weight excluding hydrogens is 420 g/mol. The molecule has 0 aliphatic carbocycles. The number of aromatic nitrogens is 4. The first-order valence-corrected chi connectivity index (χ1v) is 10.9. The average molecular weight is 444 g/mol. The summed E-state index contributed by atoms with van der Waals surface area (Å²) in [4.78, 5) is 29.4. The number of fused-ring (bicyclic) bond motifs is 1. The van der Waals surface area contributed by atoms with Crippen molar-refractivity contribution in [2.75, 3.05) is 41.3 Å². The summed E-state index contributed by atoms with van der Waals surface area (Å²) in [5, 5.41) is 14.4. The van der Waals surface area contributed by atoms with E-state index in [4.69, 9.17) is 9.97 Å². The third-order valence-corrected chi connectivity index (χ3v) is 5.80. The third kappa shape index (κ3) is 4.14. The quantitative estimate of drug-likeness (QED) is 0.353. The van der Waals surface area contributed by atoms with Gasteiger partial charge in [0.2, 0.25) is 5.95 Å². The Balaban J connectivity index is 1.45. The number of aryl methyl sites for hydroxylation is 1. The van der Waals surface area contributed by atoms with E-state index in [1.54, 1.807) is 18.5 Å². The minimum absolute atomic E-state index is 0.0154. The average Bonchev–Trinajstić information content (AvgIpc) is 3.28. The first kappa shape index (κ1) is 20.7. The molecule has 0 spiro atoms. The monoisotopic (exact) mass is 444 g/mol. The summed E-state index contributed by atoms with van der Waals surface area (Å²) in [7, 11) is 0. The molecule has 10 nitrogen and oxygen atoms in total. The van der Waals surface area contributed by atoms with E-state index in [0.29, 0.717) is 23.0 Å². The number of benzene rings is 2. The van der Waals surface area contributed by atoms with Gasteiger partial charge in [0.15, 0.2) is 17.0 Å². The third-order valence-electron chi connectivity index (χ3n) is 5.80. The zero-order valence-electron chi connectivity index (χ0n) is 18.3. The first-order valence-electron chi connectivity index (χ1n) is 10.9. The number of nitro benzene ring substituents is 1. The second-order valence-electron chi connectivity index (χ2n) is 7.82. The Bertz CT molecular complexity index is 1280. The fourth-order valence-electron chi connectivity index (χ4n) is 4.03. The minimum Gasteiger partial charge on any atom is -0.368 e. The van der Waals surface area contributed by atoms with Crippen LogP contribution in [0, 0.1) is 10.1 Å². The van der Waals surface area contributed by atoms with E-state index in [1.807, 2.05) is 17.6 Å². The topological polar surface area (TPSA) is 105 Å². The summed E-state index contributed by atoms with van der Waals surface area (Å²) in [5.41, 5.74) is 3.18. The molecule has 0 unspecified atom stereocenters. The molecule has 10 heteroatoms. The highest BCUT2D eigenvalue weighted by molar-refractivity contribution is 5.86. The maximum Gasteiger partial charge on any atom is 0.271 e. The number of rotatable bonds is 6. The number of nitrogens with one attached hydrogen (secondary N) is 1. The molecule has 1 N–H and O–H groups in total. The van der Waals surface area contributed by atoms with Crippen molar-refractivity contribution in [3.8, 4) is 0 Å². The Labute approximate surface area is 190 Å². The fraction of sp³-hybridized carbons (Fsp3) is 0.261. The van der Waals surface area contributed by atoms with Gasteiger partial charge in [-0.25, -0.2) is 4.98 Å². The largest absolute Gasteiger partial charge is 0.368 e. The lowest BCUT2D eigenvalue weighted by Gasteiger charge is -2.36. The van der Waals surface area contributed by atoms with Crippen molar-refractivity contribution in [3.05, 3.63) is 71.0 Å². The van der Waals surface area contributed by atoms with Crippen LogP contribution in [0.2, 0.25) is 0 Å².